The summed E-state index contributed by atoms with van der Waals surface area (Å²) in [6.45, 7) is 0. The van der Waals surface area contributed by atoms with Gasteiger partial charge in [0.25, 0.3) is 0 Å². The van der Waals surface area contributed by atoms with E-state index < -0.39 is 6.36 Å². The molecule has 0 atom stereocenters. The Labute approximate surface area is 66.9 Å². The van der Waals surface area contributed by atoms with Gasteiger partial charge in [0.05, 0.1) is 0 Å². The Morgan fingerprint density at radius 2 is 1.50 bits per heavy atom. The minimum Gasteiger partial charge on any atom is -0.412 e. The number of para-hydroxylation sites is 1. The smallest absolute Gasteiger partial charge is 0.412 e. The Balaban J connectivity index is 0.00000121. The van der Waals surface area contributed by atoms with Gasteiger partial charge in [0.15, 0.2) is 0 Å². The Hall–Kier alpha value is -1.23. The molecule has 68 valence electrons. The minimum atomic E-state index is -4.60. The number of hydrogen-bond donors (Lipinski definition) is 0. The van der Waals surface area contributed by atoms with Gasteiger partial charge in [-0.1, -0.05) is 18.2 Å². The van der Waals surface area contributed by atoms with E-state index in [-0.39, 0.29) is 11.2 Å². The summed E-state index contributed by atoms with van der Waals surface area (Å²) in [6.07, 6.45) is -4.60. The summed E-state index contributed by atoms with van der Waals surface area (Å²) in [6, 6.07) is 7.05. The highest BCUT2D eigenvalue weighted by Crippen LogP contribution is 2.21. The molecule has 2 N–H and O–H groups in total. The Morgan fingerprint density at radius 3 is 1.92 bits per heavy atom. The highest BCUT2D eigenvalue weighted by Gasteiger charge is 2.30. The number of ether oxygens (including phenoxy) is 1. The standard InChI is InChI=1S/C7H5F3O.H2O/c8-7(9,10)11-6-4-2-1-3-5-6;/h1-5H;1H2. The summed E-state index contributed by atoms with van der Waals surface area (Å²) in [5.74, 6) is -0.194. The van der Waals surface area contributed by atoms with Crippen molar-refractivity contribution in [3.8, 4) is 5.75 Å². The van der Waals surface area contributed by atoms with Crippen LogP contribution >= 0.6 is 0 Å². The van der Waals surface area contributed by atoms with Gasteiger partial charge in [-0.05, 0) is 12.1 Å². The molecule has 0 spiro atoms. The molecule has 0 aromatic heterocycles. The lowest BCUT2D eigenvalue weighted by Gasteiger charge is -2.07. The molecular formula is C7H7F3O2. The van der Waals surface area contributed by atoms with Gasteiger partial charge < -0.3 is 10.2 Å². The SMILES string of the molecule is FC(F)(F)Oc1ccccc1.O. The van der Waals surface area contributed by atoms with Crippen molar-refractivity contribution in [1.82, 2.24) is 0 Å². The van der Waals surface area contributed by atoms with Gasteiger partial charge in [0.1, 0.15) is 5.75 Å². The Kier molecular flexibility index (Phi) is 3.56. The molecule has 0 aliphatic carbocycles. The normalized spacial score (nSPS) is 10.2. The van der Waals surface area contributed by atoms with Gasteiger partial charge in [0.2, 0.25) is 0 Å². The van der Waals surface area contributed by atoms with Gasteiger partial charge in [-0.25, -0.2) is 0 Å². The van der Waals surface area contributed by atoms with E-state index in [4.69, 9.17) is 0 Å². The average molecular weight is 180 g/mol. The summed E-state index contributed by atoms with van der Waals surface area (Å²) < 4.78 is 38.2. The fraction of sp³-hybridized carbons (Fsp3) is 0.143. The molecule has 2 nitrogen and oxygen atoms in total. The highest BCUT2D eigenvalue weighted by atomic mass is 19.4. The second-order valence-corrected chi connectivity index (χ2v) is 1.86. The van der Waals surface area contributed by atoms with Crippen LogP contribution in [-0.4, -0.2) is 11.8 Å². The number of benzene rings is 1. The van der Waals surface area contributed by atoms with Crippen molar-refractivity contribution < 1.29 is 23.4 Å². The van der Waals surface area contributed by atoms with E-state index in [1.807, 2.05) is 0 Å². The topological polar surface area (TPSA) is 40.7 Å². The van der Waals surface area contributed by atoms with Crippen molar-refractivity contribution in [2.75, 3.05) is 0 Å². The third-order valence-corrected chi connectivity index (χ3v) is 0.977. The van der Waals surface area contributed by atoms with Gasteiger partial charge in [-0.3, -0.25) is 0 Å². The molecule has 12 heavy (non-hydrogen) atoms. The summed E-state index contributed by atoms with van der Waals surface area (Å²) in [5, 5.41) is 0. The summed E-state index contributed by atoms with van der Waals surface area (Å²) in [5.41, 5.74) is 0. The van der Waals surface area contributed by atoms with Crippen molar-refractivity contribution in [3.05, 3.63) is 30.3 Å². The molecule has 0 bridgehead atoms. The lowest BCUT2D eigenvalue weighted by Crippen LogP contribution is -2.16. The van der Waals surface area contributed by atoms with Crippen LogP contribution in [0.15, 0.2) is 30.3 Å². The zero-order valence-electron chi connectivity index (χ0n) is 5.93. The minimum absolute atomic E-state index is 0. The van der Waals surface area contributed by atoms with Gasteiger partial charge in [-0.15, -0.1) is 13.2 Å². The van der Waals surface area contributed by atoms with Crippen LogP contribution in [0.5, 0.6) is 5.75 Å². The first kappa shape index (κ1) is 10.8. The molecule has 1 aromatic rings. The van der Waals surface area contributed by atoms with Crippen LogP contribution in [0.25, 0.3) is 0 Å². The van der Waals surface area contributed by atoms with E-state index in [0.29, 0.717) is 0 Å². The van der Waals surface area contributed by atoms with Crippen LogP contribution in [0.3, 0.4) is 0 Å². The zero-order valence-corrected chi connectivity index (χ0v) is 5.93. The van der Waals surface area contributed by atoms with Crippen molar-refractivity contribution in [3.63, 3.8) is 0 Å². The fourth-order valence-electron chi connectivity index (χ4n) is 0.622. The zero-order chi connectivity index (χ0) is 8.32. The molecule has 0 aliphatic rings. The average Bonchev–Trinajstić information content (AvgIpc) is 1.85. The predicted molar refractivity (Wildman–Crippen MR) is 36.7 cm³/mol. The second kappa shape index (κ2) is 3.96. The highest BCUT2D eigenvalue weighted by molar-refractivity contribution is 5.20. The number of rotatable bonds is 1. The van der Waals surface area contributed by atoms with E-state index >= 15 is 0 Å². The van der Waals surface area contributed by atoms with Crippen molar-refractivity contribution in [1.29, 1.82) is 0 Å². The van der Waals surface area contributed by atoms with Crippen LogP contribution in [0, 0.1) is 0 Å². The number of halogens is 3. The van der Waals surface area contributed by atoms with E-state index in [2.05, 4.69) is 4.74 Å². The first-order chi connectivity index (χ1) is 5.08. The molecular weight excluding hydrogens is 173 g/mol. The molecule has 0 saturated carbocycles. The molecule has 0 unspecified atom stereocenters. The maximum absolute atomic E-state index is 11.5. The van der Waals surface area contributed by atoms with E-state index in [9.17, 15) is 13.2 Å². The maximum Gasteiger partial charge on any atom is 0.573 e. The molecule has 0 amide bonds. The van der Waals surface area contributed by atoms with Gasteiger partial charge in [0, 0.05) is 0 Å². The molecule has 1 aromatic carbocycles. The quantitative estimate of drug-likeness (QED) is 0.649. The Morgan fingerprint density at radius 1 is 1.00 bits per heavy atom. The maximum atomic E-state index is 11.5. The van der Waals surface area contributed by atoms with Gasteiger partial charge >= 0.3 is 6.36 Å². The molecule has 0 aliphatic heterocycles. The van der Waals surface area contributed by atoms with E-state index in [1.54, 1.807) is 6.07 Å². The molecule has 1 rings (SSSR count). The van der Waals surface area contributed by atoms with Crippen molar-refractivity contribution >= 4 is 0 Å². The fourth-order valence-corrected chi connectivity index (χ4v) is 0.622. The predicted octanol–water partition coefficient (Wildman–Crippen LogP) is 1.76. The molecule has 0 fully saturated rings. The summed E-state index contributed by atoms with van der Waals surface area (Å²) in [4.78, 5) is 0. The van der Waals surface area contributed by atoms with Gasteiger partial charge in [-0.2, -0.15) is 0 Å². The molecule has 0 radical (unpaired) electrons. The lowest BCUT2D eigenvalue weighted by molar-refractivity contribution is -0.274. The summed E-state index contributed by atoms with van der Waals surface area (Å²) >= 11 is 0. The third kappa shape index (κ3) is 3.82. The van der Waals surface area contributed by atoms with Crippen LogP contribution in [0.2, 0.25) is 0 Å². The van der Waals surface area contributed by atoms with E-state index in [1.165, 1.54) is 24.3 Å². The third-order valence-electron chi connectivity index (χ3n) is 0.977. The molecule has 0 heterocycles. The molecule has 5 heteroatoms. The van der Waals surface area contributed by atoms with Crippen molar-refractivity contribution in [2.45, 2.75) is 6.36 Å². The van der Waals surface area contributed by atoms with Crippen LogP contribution in [0.4, 0.5) is 13.2 Å². The van der Waals surface area contributed by atoms with Crippen LogP contribution in [0.1, 0.15) is 0 Å². The van der Waals surface area contributed by atoms with E-state index in [0.717, 1.165) is 0 Å². The lowest BCUT2D eigenvalue weighted by atomic mass is 10.3. The van der Waals surface area contributed by atoms with Crippen LogP contribution in [-0.2, 0) is 0 Å². The monoisotopic (exact) mass is 180 g/mol. The number of alkyl halides is 3. The first-order valence-electron chi connectivity index (χ1n) is 2.89. The number of hydrogen-bond acceptors (Lipinski definition) is 1. The van der Waals surface area contributed by atoms with Crippen molar-refractivity contribution in [2.24, 2.45) is 0 Å². The Bertz CT molecular complexity index is 220. The first-order valence-corrected chi connectivity index (χ1v) is 2.89. The molecule has 0 saturated heterocycles. The summed E-state index contributed by atoms with van der Waals surface area (Å²) in [7, 11) is 0. The van der Waals surface area contributed by atoms with Crippen LogP contribution < -0.4 is 4.74 Å². The largest absolute Gasteiger partial charge is 0.573 e. The second-order valence-electron chi connectivity index (χ2n) is 1.86.